The molecule has 0 heterocycles. The lowest BCUT2D eigenvalue weighted by atomic mass is 10.1. The van der Waals surface area contributed by atoms with Crippen molar-refractivity contribution in [3.05, 3.63) is 28.8 Å². The summed E-state index contributed by atoms with van der Waals surface area (Å²) in [6.07, 6.45) is 4.65. The van der Waals surface area contributed by atoms with Gasteiger partial charge in [-0.25, -0.2) is 8.42 Å². The van der Waals surface area contributed by atoms with Gasteiger partial charge in [-0.2, -0.15) is 0 Å². The van der Waals surface area contributed by atoms with Gasteiger partial charge in [0.15, 0.2) is 0 Å². The van der Waals surface area contributed by atoms with Crippen molar-refractivity contribution in [2.75, 3.05) is 6.54 Å². The van der Waals surface area contributed by atoms with Crippen molar-refractivity contribution in [1.29, 1.82) is 0 Å². The summed E-state index contributed by atoms with van der Waals surface area (Å²) in [5, 5.41) is 2.98. The highest BCUT2D eigenvalue weighted by atomic mass is 35.7. The van der Waals surface area contributed by atoms with Crippen LogP contribution in [0.1, 0.15) is 36.0 Å². The Labute approximate surface area is 127 Å². The first kappa shape index (κ1) is 15.6. The standard InChI is InChI=1S/C13H15Cl2NO3S/c14-11-5-10(6-12(7-11)20(15,18)19)13(17)16-8-9-3-1-2-4-9/h5-7,9H,1-4,8H2,(H,16,17). The lowest BCUT2D eigenvalue weighted by Gasteiger charge is -2.11. The minimum Gasteiger partial charge on any atom is -0.352 e. The van der Waals surface area contributed by atoms with E-state index in [4.69, 9.17) is 22.3 Å². The van der Waals surface area contributed by atoms with Crippen LogP contribution in [0.2, 0.25) is 5.02 Å². The van der Waals surface area contributed by atoms with Crippen LogP contribution in [0.15, 0.2) is 23.1 Å². The molecule has 0 bridgehead atoms. The number of rotatable bonds is 4. The van der Waals surface area contributed by atoms with E-state index in [0.717, 1.165) is 12.8 Å². The Balaban J connectivity index is 2.11. The predicted molar refractivity (Wildman–Crippen MR) is 78.8 cm³/mol. The van der Waals surface area contributed by atoms with E-state index in [0.29, 0.717) is 12.5 Å². The third-order valence-corrected chi connectivity index (χ3v) is 4.99. The number of carbonyl (C=O) groups is 1. The van der Waals surface area contributed by atoms with Gasteiger partial charge in [0.25, 0.3) is 15.0 Å². The lowest BCUT2D eigenvalue weighted by molar-refractivity contribution is 0.0947. The van der Waals surface area contributed by atoms with Gasteiger partial charge < -0.3 is 5.32 Å². The van der Waals surface area contributed by atoms with Crippen LogP contribution in [0.3, 0.4) is 0 Å². The second-order valence-electron chi connectivity index (χ2n) is 4.97. The Kier molecular flexibility index (Phi) is 4.94. The quantitative estimate of drug-likeness (QED) is 0.859. The highest BCUT2D eigenvalue weighted by molar-refractivity contribution is 8.13. The first-order valence-electron chi connectivity index (χ1n) is 6.40. The van der Waals surface area contributed by atoms with Gasteiger partial charge in [0, 0.05) is 27.8 Å². The maximum absolute atomic E-state index is 12.0. The van der Waals surface area contributed by atoms with E-state index in [1.807, 2.05) is 0 Å². The number of amides is 1. The zero-order valence-electron chi connectivity index (χ0n) is 10.7. The fraction of sp³-hybridized carbons (Fsp3) is 0.462. The van der Waals surface area contributed by atoms with E-state index >= 15 is 0 Å². The fourth-order valence-electron chi connectivity index (χ4n) is 2.39. The Morgan fingerprint density at radius 2 is 1.90 bits per heavy atom. The van der Waals surface area contributed by atoms with E-state index in [2.05, 4.69) is 5.32 Å². The molecule has 1 N–H and O–H groups in total. The largest absolute Gasteiger partial charge is 0.352 e. The molecule has 110 valence electrons. The molecule has 1 saturated carbocycles. The smallest absolute Gasteiger partial charge is 0.261 e. The third kappa shape index (κ3) is 4.11. The Morgan fingerprint density at radius 1 is 1.25 bits per heavy atom. The zero-order valence-corrected chi connectivity index (χ0v) is 13.1. The molecule has 4 nitrogen and oxygen atoms in total. The molecule has 1 aliphatic carbocycles. The average Bonchev–Trinajstić information content (AvgIpc) is 2.87. The fourth-order valence-corrected chi connectivity index (χ4v) is 3.49. The summed E-state index contributed by atoms with van der Waals surface area (Å²) in [6, 6.07) is 3.88. The number of hydrogen-bond acceptors (Lipinski definition) is 3. The highest BCUT2D eigenvalue weighted by Gasteiger charge is 2.18. The molecule has 7 heteroatoms. The van der Waals surface area contributed by atoms with Crippen LogP contribution < -0.4 is 5.32 Å². The minimum absolute atomic E-state index is 0.165. The van der Waals surface area contributed by atoms with E-state index in [1.165, 1.54) is 31.0 Å². The summed E-state index contributed by atoms with van der Waals surface area (Å²) in [6.45, 7) is 0.605. The molecule has 1 aromatic carbocycles. The van der Waals surface area contributed by atoms with Crippen molar-refractivity contribution < 1.29 is 13.2 Å². The molecule has 1 amide bonds. The summed E-state index contributed by atoms with van der Waals surface area (Å²) < 4.78 is 22.6. The molecule has 0 unspecified atom stereocenters. The van der Waals surface area contributed by atoms with Crippen LogP contribution in [0.25, 0.3) is 0 Å². The first-order chi connectivity index (χ1) is 9.36. The molecule has 1 aromatic rings. The van der Waals surface area contributed by atoms with E-state index in [1.54, 1.807) is 0 Å². The van der Waals surface area contributed by atoms with E-state index < -0.39 is 9.05 Å². The van der Waals surface area contributed by atoms with Crippen LogP contribution >= 0.6 is 22.3 Å². The van der Waals surface area contributed by atoms with Crippen molar-refractivity contribution in [3.63, 3.8) is 0 Å². The molecule has 0 spiro atoms. The lowest BCUT2D eigenvalue weighted by Crippen LogP contribution is -2.28. The monoisotopic (exact) mass is 335 g/mol. The number of benzene rings is 1. The van der Waals surface area contributed by atoms with Gasteiger partial charge >= 0.3 is 0 Å². The summed E-state index contributed by atoms with van der Waals surface area (Å²) in [7, 11) is 1.37. The van der Waals surface area contributed by atoms with Crippen molar-refractivity contribution in [2.45, 2.75) is 30.6 Å². The summed E-state index contributed by atoms with van der Waals surface area (Å²) in [4.78, 5) is 11.9. The maximum Gasteiger partial charge on any atom is 0.261 e. The van der Waals surface area contributed by atoms with E-state index in [9.17, 15) is 13.2 Å². The number of halogens is 2. The first-order valence-corrected chi connectivity index (χ1v) is 9.08. The molecular formula is C13H15Cl2NO3S. The molecule has 20 heavy (non-hydrogen) atoms. The number of carbonyl (C=O) groups excluding carboxylic acids is 1. The SMILES string of the molecule is O=C(NCC1CCCC1)c1cc(Cl)cc(S(=O)(=O)Cl)c1. The molecule has 1 fully saturated rings. The normalized spacial score (nSPS) is 16.3. The molecule has 0 atom stereocenters. The molecular weight excluding hydrogens is 321 g/mol. The van der Waals surface area contributed by atoms with E-state index in [-0.39, 0.29) is 21.4 Å². The van der Waals surface area contributed by atoms with Gasteiger partial charge in [-0.05, 0) is 37.0 Å². The molecule has 0 radical (unpaired) electrons. The molecule has 0 aliphatic heterocycles. The molecule has 0 aromatic heterocycles. The Morgan fingerprint density at radius 3 is 2.50 bits per heavy atom. The Bertz CT molecular complexity index is 610. The average molecular weight is 336 g/mol. The highest BCUT2D eigenvalue weighted by Crippen LogP contribution is 2.24. The van der Waals surface area contributed by atoms with Gasteiger partial charge in [-0.15, -0.1) is 0 Å². The molecule has 1 aliphatic rings. The van der Waals surface area contributed by atoms with Gasteiger partial charge in [-0.3, -0.25) is 4.79 Å². The number of hydrogen-bond donors (Lipinski definition) is 1. The van der Waals surface area contributed by atoms with Crippen LogP contribution in [-0.2, 0) is 9.05 Å². The summed E-state index contributed by atoms with van der Waals surface area (Å²) >= 11 is 5.82. The van der Waals surface area contributed by atoms with Crippen molar-refractivity contribution >= 4 is 37.2 Å². The second-order valence-corrected chi connectivity index (χ2v) is 7.98. The van der Waals surface area contributed by atoms with Gasteiger partial charge in [0.05, 0.1) is 4.90 Å². The summed E-state index contributed by atoms with van der Waals surface area (Å²) in [5.41, 5.74) is 0.203. The third-order valence-electron chi connectivity index (χ3n) is 3.44. The van der Waals surface area contributed by atoms with Crippen molar-refractivity contribution in [3.8, 4) is 0 Å². The van der Waals surface area contributed by atoms with Crippen molar-refractivity contribution in [1.82, 2.24) is 5.32 Å². The van der Waals surface area contributed by atoms with Crippen LogP contribution in [0, 0.1) is 5.92 Å². The van der Waals surface area contributed by atoms with Crippen LogP contribution in [0.5, 0.6) is 0 Å². The Hall–Kier alpha value is -0.780. The minimum atomic E-state index is -3.90. The maximum atomic E-state index is 12.0. The molecule has 0 saturated heterocycles. The van der Waals surface area contributed by atoms with Gasteiger partial charge in [0.2, 0.25) is 0 Å². The molecule has 2 rings (SSSR count). The summed E-state index contributed by atoms with van der Waals surface area (Å²) in [5.74, 6) is 0.176. The van der Waals surface area contributed by atoms with Crippen LogP contribution in [0.4, 0.5) is 0 Å². The second kappa shape index (κ2) is 6.33. The van der Waals surface area contributed by atoms with Gasteiger partial charge in [-0.1, -0.05) is 24.4 Å². The van der Waals surface area contributed by atoms with Crippen LogP contribution in [-0.4, -0.2) is 20.9 Å². The topological polar surface area (TPSA) is 63.2 Å². The van der Waals surface area contributed by atoms with Gasteiger partial charge in [0.1, 0.15) is 0 Å². The van der Waals surface area contributed by atoms with Crippen molar-refractivity contribution in [2.24, 2.45) is 5.92 Å². The zero-order chi connectivity index (χ0) is 14.8. The predicted octanol–water partition coefficient (Wildman–Crippen LogP) is 3.19. The number of nitrogens with one attached hydrogen (secondary N) is 1.